The maximum absolute atomic E-state index is 11.7. The molecule has 0 spiro atoms. The highest BCUT2D eigenvalue weighted by Gasteiger charge is 2.25. The van der Waals surface area contributed by atoms with Crippen molar-refractivity contribution in [2.24, 2.45) is 0 Å². The lowest BCUT2D eigenvalue weighted by Gasteiger charge is -2.16. The molecule has 2 rings (SSSR count). The Hall–Kier alpha value is -1.42. The summed E-state index contributed by atoms with van der Waals surface area (Å²) in [6.07, 6.45) is 2.17. The van der Waals surface area contributed by atoms with Crippen LogP contribution in [0.2, 0.25) is 5.02 Å². The van der Waals surface area contributed by atoms with Crippen LogP contribution in [0.1, 0.15) is 19.8 Å². The molecule has 92 valence electrons. The SMILES string of the molecule is CC(Nc1ccc(Cl)cc1N)C(=O)NC1CC1. The van der Waals surface area contributed by atoms with E-state index in [1.165, 1.54) is 0 Å². The molecule has 1 unspecified atom stereocenters. The largest absolute Gasteiger partial charge is 0.397 e. The second-order valence-electron chi connectivity index (χ2n) is 4.38. The zero-order valence-corrected chi connectivity index (χ0v) is 10.4. The summed E-state index contributed by atoms with van der Waals surface area (Å²) in [4.78, 5) is 11.7. The van der Waals surface area contributed by atoms with Crippen molar-refractivity contribution < 1.29 is 4.79 Å². The van der Waals surface area contributed by atoms with Gasteiger partial charge >= 0.3 is 0 Å². The molecule has 5 heteroatoms. The average molecular weight is 254 g/mol. The smallest absolute Gasteiger partial charge is 0.242 e. The Morgan fingerprint density at radius 3 is 2.82 bits per heavy atom. The van der Waals surface area contributed by atoms with Gasteiger partial charge in [0.15, 0.2) is 0 Å². The molecule has 0 aromatic heterocycles. The molecular formula is C12H16ClN3O. The Morgan fingerprint density at radius 2 is 2.24 bits per heavy atom. The highest BCUT2D eigenvalue weighted by molar-refractivity contribution is 6.31. The van der Waals surface area contributed by atoms with Crippen molar-refractivity contribution in [3.05, 3.63) is 23.2 Å². The standard InChI is InChI=1S/C12H16ClN3O/c1-7(12(17)16-9-3-4-9)15-11-5-2-8(13)6-10(11)14/h2,5-7,9,15H,3-4,14H2,1H3,(H,16,17). The third-order valence-corrected chi connectivity index (χ3v) is 2.94. The monoisotopic (exact) mass is 253 g/mol. The van der Waals surface area contributed by atoms with E-state index >= 15 is 0 Å². The second-order valence-corrected chi connectivity index (χ2v) is 4.82. The Labute approximate surface area is 106 Å². The van der Waals surface area contributed by atoms with E-state index in [9.17, 15) is 4.79 Å². The zero-order valence-electron chi connectivity index (χ0n) is 9.66. The summed E-state index contributed by atoms with van der Waals surface area (Å²) in [6, 6.07) is 5.24. The van der Waals surface area contributed by atoms with Gasteiger partial charge in [-0.05, 0) is 38.0 Å². The maximum atomic E-state index is 11.7. The summed E-state index contributed by atoms with van der Waals surface area (Å²) in [7, 11) is 0. The third-order valence-electron chi connectivity index (χ3n) is 2.70. The number of benzene rings is 1. The van der Waals surface area contributed by atoms with Crippen molar-refractivity contribution in [3.8, 4) is 0 Å². The Morgan fingerprint density at radius 1 is 1.53 bits per heavy atom. The second kappa shape index (κ2) is 4.84. The predicted octanol–water partition coefficient (Wildman–Crippen LogP) is 2.00. The van der Waals surface area contributed by atoms with Crippen LogP contribution in [0, 0.1) is 0 Å². The summed E-state index contributed by atoms with van der Waals surface area (Å²) in [5.74, 6) is 0.00171. The number of carbonyl (C=O) groups is 1. The van der Waals surface area contributed by atoms with Crippen LogP contribution in [0.15, 0.2) is 18.2 Å². The van der Waals surface area contributed by atoms with Crippen molar-refractivity contribution in [2.45, 2.75) is 31.8 Å². The van der Waals surface area contributed by atoms with Gasteiger partial charge in [-0.3, -0.25) is 4.79 Å². The molecule has 1 aliphatic carbocycles. The van der Waals surface area contributed by atoms with Gasteiger partial charge in [-0.2, -0.15) is 0 Å². The van der Waals surface area contributed by atoms with Gasteiger partial charge in [0.25, 0.3) is 0 Å². The van der Waals surface area contributed by atoms with Crippen molar-refractivity contribution >= 4 is 28.9 Å². The van der Waals surface area contributed by atoms with Crippen LogP contribution < -0.4 is 16.4 Å². The zero-order chi connectivity index (χ0) is 12.4. The van der Waals surface area contributed by atoms with Gasteiger partial charge < -0.3 is 16.4 Å². The van der Waals surface area contributed by atoms with E-state index in [1.54, 1.807) is 18.2 Å². The normalized spacial score (nSPS) is 16.4. The van der Waals surface area contributed by atoms with Gasteiger partial charge in [0.1, 0.15) is 6.04 Å². The van der Waals surface area contributed by atoms with Crippen LogP contribution in [0.3, 0.4) is 0 Å². The fraction of sp³-hybridized carbons (Fsp3) is 0.417. The van der Waals surface area contributed by atoms with Crippen molar-refractivity contribution in [1.29, 1.82) is 0 Å². The number of anilines is 2. The van der Waals surface area contributed by atoms with Crippen LogP contribution in [0.25, 0.3) is 0 Å². The minimum Gasteiger partial charge on any atom is -0.397 e. The van der Waals surface area contributed by atoms with E-state index in [4.69, 9.17) is 17.3 Å². The number of nitrogens with one attached hydrogen (secondary N) is 2. The molecule has 17 heavy (non-hydrogen) atoms. The number of nitrogens with two attached hydrogens (primary N) is 1. The van der Waals surface area contributed by atoms with Gasteiger partial charge in [-0.25, -0.2) is 0 Å². The van der Waals surface area contributed by atoms with E-state index in [0.717, 1.165) is 18.5 Å². The third kappa shape index (κ3) is 3.27. The quantitative estimate of drug-likeness (QED) is 0.719. The molecular weight excluding hydrogens is 238 g/mol. The van der Waals surface area contributed by atoms with Crippen LogP contribution in [-0.2, 0) is 4.79 Å². The summed E-state index contributed by atoms with van der Waals surface area (Å²) >= 11 is 5.81. The number of rotatable bonds is 4. The molecule has 0 aliphatic heterocycles. The minimum atomic E-state index is -0.306. The van der Waals surface area contributed by atoms with Crippen molar-refractivity contribution in [1.82, 2.24) is 5.32 Å². The highest BCUT2D eigenvalue weighted by Crippen LogP contribution is 2.23. The molecule has 1 amide bonds. The number of amides is 1. The van der Waals surface area contributed by atoms with E-state index in [2.05, 4.69) is 10.6 Å². The molecule has 0 saturated heterocycles. The van der Waals surface area contributed by atoms with Gasteiger partial charge in [-0.1, -0.05) is 11.6 Å². The van der Waals surface area contributed by atoms with Crippen molar-refractivity contribution in [2.75, 3.05) is 11.1 Å². The first kappa shape index (κ1) is 12.0. The van der Waals surface area contributed by atoms with E-state index in [0.29, 0.717) is 16.8 Å². The molecule has 0 heterocycles. The minimum absolute atomic E-state index is 0.00171. The van der Waals surface area contributed by atoms with Crippen LogP contribution in [-0.4, -0.2) is 18.0 Å². The molecule has 0 bridgehead atoms. The topological polar surface area (TPSA) is 67.1 Å². The molecule has 1 saturated carbocycles. The molecule has 1 aromatic carbocycles. The lowest BCUT2D eigenvalue weighted by atomic mass is 10.2. The van der Waals surface area contributed by atoms with Gasteiger partial charge in [0.2, 0.25) is 5.91 Å². The molecule has 4 N–H and O–H groups in total. The lowest BCUT2D eigenvalue weighted by molar-refractivity contribution is -0.121. The first-order valence-electron chi connectivity index (χ1n) is 5.68. The molecule has 4 nitrogen and oxygen atoms in total. The van der Waals surface area contributed by atoms with E-state index < -0.39 is 0 Å². The number of hydrogen-bond acceptors (Lipinski definition) is 3. The maximum Gasteiger partial charge on any atom is 0.242 e. The molecule has 1 aliphatic rings. The van der Waals surface area contributed by atoms with Crippen LogP contribution >= 0.6 is 11.6 Å². The van der Waals surface area contributed by atoms with Gasteiger partial charge in [0, 0.05) is 11.1 Å². The summed E-state index contributed by atoms with van der Waals surface area (Å²) < 4.78 is 0. The summed E-state index contributed by atoms with van der Waals surface area (Å²) in [5, 5.41) is 6.60. The number of nitrogen functional groups attached to an aromatic ring is 1. The molecule has 0 radical (unpaired) electrons. The highest BCUT2D eigenvalue weighted by atomic mass is 35.5. The Bertz CT molecular complexity index is 432. The fourth-order valence-corrected chi connectivity index (χ4v) is 1.70. The number of hydrogen-bond donors (Lipinski definition) is 3. The van der Waals surface area contributed by atoms with Crippen LogP contribution in [0.4, 0.5) is 11.4 Å². The van der Waals surface area contributed by atoms with Gasteiger partial charge in [0.05, 0.1) is 11.4 Å². The first-order valence-corrected chi connectivity index (χ1v) is 6.06. The number of carbonyl (C=O) groups excluding carboxylic acids is 1. The van der Waals surface area contributed by atoms with E-state index in [1.807, 2.05) is 6.92 Å². The Balaban J connectivity index is 1.96. The average Bonchev–Trinajstić information content (AvgIpc) is 3.06. The molecule has 1 fully saturated rings. The molecule has 1 atom stereocenters. The molecule has 1 aromatic rings. The van der Waals surface area contributed by atoms with Crippen molar-refractivity contribution in [3.63, 3.8) is 0 Å². The fourth-order valence-electron chi connectivity index (χ4n) is 1.52. The number of halogens is 1. The Kier molecular flexibility index (Phi) is 3.43. The van der Waals surface area contributed by atoms with E-state index in [-0.39, 0.29) is 11.9 Å². The predicted molar refractivity (Wildman–Crippen MR) is 70.1 cm³/mol. The summed E-state index contributed by atoms with van der Waals surface area (Å²) in [5.41, 5.74) is 7.08. The van der Waals surface area contributed by atoms with Gasteiger partial charge in [-0.15, -0.1) is 0 Å². The first-order chi connectivity index (χ1) is 8.06. The summed E-state index contributed by atoms with van der Waals surface area (Å²) in [6.45, 7) is 1.81. The lowest BCUT2D eigenvalue weighted by Crippen LogP contribution is -2.38. The van der Waals surface area contributed by atoms with Crippen LogP contribution in [0.5, 0.6) is 0 Å².